The molecular weight excluding hydrogens is 359 g/mol. The Balaban J connectivity index is 0.000000352. The molecule has 0 atom stereocenters. The molecule has 0 N–H and O–H groups in total. The zero-order chi connectivity index (χ0) is 19.3. The van der Waals surface area contributed by atoms with Crippen LogP contribution in [-0.2, 0) is 28.7 Å². The summed E-state index contributed by atoms with van der Waals surface area (Å²) in [6.07, 6.45) is 0. The molecule has 138 valence electrons. The van der Waals surface area contributed by atoms with Gasteiger partial charge in [0, 0.05) is 11.6 Å². The molecule has 6 nitrogen and oxygen atoms in total. The van der Waals surface area contributed by atoms with Gasteiger partial charge in [-0.15, -0.1) is 4.68 Å². The molecule has 1 aromatic heterocycles. The minimum absolute atomic E-state index is 0.215. The van der Waals surface area contributed by atoms with Crippen LogP contribution >= 0.6 is 0 Å². The van der Waals surface area contributed by atoms with Gasteiger partial charge >= 0.3 is 0 Å². The molecule has 0 spiro atoms. The number of rotatable bonds is 3. The first kappa shape index (κ1) is 19.8. The number of halogens is 1. The van der Waals surface area contributed by atoms with Gasteiger partial charge in [-0.2, -0.15) is 4.68 Å². The van der Waals surface area contributed by atoms with Crippen LogP contribution in [0.1, 0.15) is 0 Å². The van der Waals surface area contributed by atoms with Crippen molar-refractivity contribution in [2.75, 3.05) is 7.11 Å². The zero-order valence-corrected chi connectivity index (χ0v) is 15.4. The number of benzene rings is 2. The summed E-state index contributed by atoms with van der Waals surface area (Å²) in [6.45, 7) is 0. The minimum Gasteiger partial charge on any atom is -0.726 e. The van der Waals surface area contributed by atoms with E-state index >= 15 is 0 Å². The molecule has 0 saturated heterocycles. The Morgan fingerprint density at radius 1 is 1.04 bits per heavy atom. The smallest absolute Gasteiger partial charge is 0.239 e. The molecule has 26 heavy (non-hydrogen) atoms. The van der Waals surface area contributed by atoms with Crippen LogP contribution in [0.4, 0.5) is 4.39 Å². The Kier molecular flexibility index (Phi) is 6.25. The van der Waals surface area contributed by atoms with Gasteiger partial charge in [0.05, 0.1) is 19.7 Å². The third-order valence-corrected chi connectivity index (χ3v) is 4.22. The highest BCUT2D eigenvalue weighted by Gasteiger charge is 2.19. The predicted molar refractivity (Wildman–Crippen MR) is 94.1 cm³/mol. The van der Waals surface area contributed by atoms with Gasteiger partial charge in [-0.05, 0) is 18.2 Å². The summed E-state index contributed by atoms with van der Waals surface area (Å²) in [5, 5.41) is 0. The summed E-state index contributed by atoms with van der Waals surface area (Å²) >= 11 is 0. The highest BCUT2D eigenvalue weighted by atomic mass is 32.3. The molecule has 0 unspecified atom stereocenters. The molecule has 3 rings (SSSR count). The van der Waals surface area contributed by atoms with Crippen LogP contribution in [0.5, 0.6) is 0 Å². The van der Waals surface area contributed by atoms with E-state index in [1.165, 1.54) is 6.07 Å². The van der Waals surface area contributed by atoms with Crippen molar-refractivity contribution in [1.82, 2.24) is 4.68 Å². The van der Waals surface area contributed by atoms with E-state index in [2.05, 4.69) is 27.1 Å². The summed E-state index contributed by atoms with van der Waals surface area (Å²) in [5.41, 5.74) is 4.12. The van der Waals surface area contributed by atoms with E-state index in [9.17, 15) is 17.4 Å². The monoisotopic (exact) mass is 378 g/mol. The maximum Gasteiger partial charge on any atom is 0.239 e. The fraction of sp³-hybridized carbons (Fsp3) is 0.167. The summed E-state index contributed by atoms with van der Waals surface area (Å²) < 4.78 is 48.5. The molecule has 1 heterocycles. The van der Waals surface area contributed by atoms with Crippen LogP contribution in [0.25, 0.3) is 22.5 Å². The van der Waals surface area contributed by atoms with Crippen LogP contribution in [-0.4, -0.2) is 24.8 Å². The minimum atomic E-state index is -4.41. The molecule has 8 heteroatoms. The largest absolute Gasteiger partial charge is 0.726 e. The average molecular weight is 378 g/mol. The number of hydrogen-bond acceptors (Lipinski definition) is 4. The Hall–Kier alpha value is -2.55. The van der Waals surface area contributed by atoms with Crippen molar-refractivity contribution >= 4 is 10.4 Å². The fourth-order valence-corrected chi connectivity index (χ4v) is 2.44. The van der Waals surface area contributed by atoms with Gasteiger partial charge in [0.25, 0.3) is 0 Å². The summed E-state index contributed by atoms with van der Waals surface area (Å²) in [4.78, 5) is 0. The van der Waals surface area contributed by atoms with Crippen molar-refractivity contribution in [2.24, 2.45) is 14.1 Å². The number of aromatic nitrogens is 2. The van der Waals surface area contributed by atoms with Crippen LogP contribution in [0.2, 0.25) is 0 Å². The van der Waals surface area contributed by atoms with Crippen LogP contribution in [0.15, 0.2) is 60.7 Å². The van der Waals surface area contributed by atoms with E-state index in [4.69, 9.17) is 0 Å². The van der Waals surface area contributed by atoms with Crippen LogP contribution in [0, 0.1) is 5.82 Å². The molecule has 0 amide bonds. The average Bonchev–Trinajstić information content (AvgIpc) is 2.91. The molecule has 0 fully saturated rings. The van der Waals surface area contributed by atoms with Gasteiger partial charge in [0.1, 0.15) is 11.5 Å². The number of hydrogen-bond donors (Lipinski definition) is 0. The molecule has 2 aromatic carbocycles. The lowest BCUT2D eigenvalue weighted by Gasteiger charge is -1.99. The molecule has 0 aliphatic rings. The van der Waals surface area contributed by atoms with Crippen molar-refractivity contribution in [3.63, 3.8) is 0 Å². The standard InChI is InChI=1S/C17H16FN2.CH4O4S/c1-19-16(13-7-4-3-5-8-13)12-17(20(19)2)14-9-6-10-15(18)11-14;1-5-6(2,3)4/h3-12H,1-2H3;1H3,(H,2,3,4)/q+1;/p-1. The Morgan fingerprint density at radius 3 is 2.15 bits per heavy atom. The van der Waals surface area contributed by atoms with Gasteiger partial charge in [-0.3, -0.25) is 4.18 Å². The van der Waals surface area contributed by atoms with E-state index in [-0.39, 0.29) is 5.82 Å². The van der Waals surface area contributed by atoms with Crippen molar-refractivity contribution < 1.29 is 26.2 Å². The first-order valence-electron chi connectivity index (χ1n) is 7.61. The van der Waals surface area contributed by atoms with Crippen molar-refractivity contribution in [2.45, 2.75) is 0 Å². The van der Waals surface area contributed by atoms with Crippen molar-refractivity contribution in [3.8, 4) is 22.5 Å². The highest BCUT2D eigenvalue weighted by Crippen LogP contribution is 2.24. The molecule has 0 radical (unpaired) electrons. The van der Waals surface area contributed by atoms with Crippen molar-refractivity contribution in [3.05, 3.63) is 66.5 Å². The Bertz CT molecular complexity index is 986. The topological polar surface area (TPSA) is 75.2 Å². The third-order valence-electron chi connectivity index (χ3n) is 3.81. The third kappa shape index (κ3) is 4.98. The molecular formula is C18H19FN2O4S. The van der Waals surface area contributed by atoms with Crippen molar-refractivity contribution in [1.29, 1.82) is 0 Å². The first-order valence-corrected chi connectivity index (χ1v) is 8.95. The van der Waals surface area contributed by atoms with Gasteiger partial charge in [0.15, 0.2) is 7.05 Å². The second-order valence-electron chi connectivity index (χ2n) is 5.41. The Labute approximate surface area is 152 Å². The highest BCUT2D eigenvalue weighted by molar-refractivity contribution is 7.80. The molecule has 0 saturated carbocycles. The van der Waals surface area contributed by atoms with Crippen LogP contribution < -0.4 is 4.68 Å². The summed E-state index contributed by atoms with van der Waals surface area (Å²) in [5.74, 6) is -0.215. The predicted octanol–water partition coefficient (Wildman–Crippen LogP) is 2.42. The van der Waals surface area contributed by atoms with E-state index in [0.29, 0.717) is 0 Å². The first-order chi connectivity index (χ1) is 12.2. The van der Waals surface area contributed by atoms with E-state index in [1.807, 2.05) is 43.0 Å². The normalized spacial score (nSPS) is 11.0. The SMILES string of the molecule is COS(=O)(=O)[O-].Cn1c(-c2ccccc2)cc(-c2cccc(F)c2)[n+]1C. The van der Waals surface area contributed by atoms with Gasteiger partial charge in [-0.25, -0.2) is 12.8 Å². The molecule has 0 aliphatic heterocycles. The van der Waals surface area contributed by atoms with Gasteiger partial charge in [0.2, 0.25) is 16.1 Å². The zero-order valence-electron chi connectivity index (χ0n) is 14.6. The van der Waals surface area contributed by atoms with E-state index in [1.54, 1.807) is 12.1 Å². The lowest BCUT2D eigenvalue weighted by molar-refractivity contribution is -0.740. The molecule has 0 aliphatic carbocycles. The number of nitrogens with zero attached hydrogens (tertiary/aromatic N) is 2. The lowest BCUT2D eigenvalue weighted by atomic mass is 10.1. The maximum absolute atomic E-state index is 13.4. The van der Waals surface area contributed by atoms with E-state index < -0.39 is 10.4 Å². The molecule has 0 bridgehead atoms. The van der Waals surface area contributed by atoms with Crippen LogP contribution in [0.3, 0.4) is 0 Å². The maximum atomic E-state index is 13.4. The lowest BCUT2D eigenvalue weighted by Crippen LogP contribution is -2.39. The van der Waals surface area contributed by atoms with E-state index in [0.717, 1.165) is 29.6 Å². The van der Waals surface area contributed by atoms with Gasteiger partial charge in [-0.1, -0.05) is 36.4 Å². The fourth-order valence-electron chi connectivity index (χ4n) is 2.44. The Morgan fingerprint density at radius 2 is 1.62 bits per heavy atom. The molecule has 3 aromatic rings. The summed E-state index contributed by atoms with van der Waals surface area (Å²) in [6, 6.07) is 19.0. The van der Waals surface area contributed by atoms with Gasteiger partial charge < -0.3 is 4.55 Å². The quantitative estimate of drug-likeness (QED) is 0.398. The second kappa shape index (κ2) is 8.22. The second-order valence-corrected chi connectivity index (χ2v) is 6.56. The summed E-state index contributed by atoms with van der Waals surface area (Å²) in [7, 11) is 0.380.